The van der Waals surface area contributed by atoms with Crippen LogP contribution >= 0.6 is 12.4 Å². The van der Waals surface area contributed by atoms with Crippen molar-refractivity contribution in [3.05, 3.63) is 18.3 Å². The molecule has 0 bridgehead atoms. The zero-order valence-electron chi connectivity index (χ0n) is 14.8. The SMILES string of the molecule is CCC(C)C(N)C(=O)N1CCCN1C(=O)Nc1ccc(OC)nc1.Cl. The molecule has 2 atom stereocenters. The molecule has 1 aliphatic rings. The standard InChI is InChI=1S/C16H25N5O3.ClH/c1-4-11(2)14(17)15(22)20-8-5-9-21(20)16(23)19-12-6-7-13(24-3)18-10-12;/h6-7,10-11,14H,4-5,8-9,17H2,1-3H3,(H,19,23);1H. The van der Waals surface area contributed by atoms with Gasteiger partial charge in [-0.1, -0.05) is 20.3 Å². The maximum atomic E-state index is 12.5. The van der Waals surface area contributed by atoms with Crippen molar-refractivity contribution in [2.24, 2.45) is 11.7 Å². The Hall–Kier alpha value is -2.06. The number of halogens is 1. The third-order valence-electron chi connectivity index (χ3n) is 4.26. The molecule has 0 saturated carbocycles. The topological polar surface area (TPSA) is 101 Å². The van der Waals surface area contributed by atoms with Crippen LogP contribution in [0.1, 0.15) is 26.7 Å². The van der Waals surface area contributed by atoms with Crippen LogP contribution in [0.4, 0.5) is 10.5 Å². The van der Waals surface area contributed by atoms with Gasteiger partial charge >= 0.3 is 6.03 Å². The van der Waals surface area contributed by atoms with Crippen LogP contribution in [0.25, 0.3) is 0 Å². The summed E-state index contributed by atoms with van der Waals surface area (Å²) in [5, 5.41) is 5.60. The number of ether oxygens (including phenoxy) is 1. The van der Waals surface area contributed by atoms with Gasteiger partial charge < -0.3 is 15.8 Å². The Morgan fingerprint density at radius 2 is 2.04 bits per heavy atom. The third-order valence-corrected chi connectivity index (χ3v) is 4.26. The van der Waals surface area contributed by atoms with E-state index in [1.165, 1.54) is 23.3 Å². The fraction of sp³-hybridized carbons (Fsp3) is 0.562. The van der Waals surface area contributed by atoms with Crippen LogP contribution < -0.4 is 15.8 Å². The third kappa shape index (κ3) is 4.96. The highest BCUT2D eigenvalue weighted by molar-refractivity contribution is 5.92. The molecule has 3 amide bonds. The monoisotopic (exact) mass is 371 g/mol. The maximum Gasteiger partial charge on any atom is 0.340 e. The second-order valence-electron chi connectivity index (χ2n) is 5.87. The Morgan fingerprint density at radius 3 is 2.60 bits per heavy atom. The molecule has 9 heteroatoms. The lowest BCUT2D eigenvalue weighted by atomic mass is 9.99. The lowest BCUT2D eigenvalue weighted by molar-refractivity contribution is -0.142. The average Bonchev–Trinajstić information content (AvgIpc) is 3.10. The Kier molecular flexibility index (Phi) is 7.92. The summed E-state index contributed by atoms with van der Waals surface area (Å²) in [5.41, 5.74) is 6.56. The van der Waals surface area contributed by atoms with E-state index >= 15 is 0 Å². The molecule has 3 N–H and O–H groups in total. The molecular formula is C16H26ClN5O3. The van der Waals surface area contributed by atoms with Crippen molar-refractivity contribution in [1.29, 1.82) is 0 Å². The smallest absolute Gasteiger partial charge is 0.340 e. The van der Waals surface area contributed by atoms with E-state index in [0.29, 0.717) is 24.7 Å². The zero-order chi connectivity index (χ0) is 17.7. The van der Waals surface area contributed by atoms with Crippen LogP contribution in [-0.2, 0) is 4.79 Å². The molecule has 25 heavy (non-hydrogen) atoms. The van der Waals surface area contributed by atoms with Crippen LogP contribution in [0, 0.1) is 5.92 Å². The summed E-state index contributed by atoms with van der Waals surface area (Å²) < 4.78 is 4.98. The molecule has 8 nitrogen and oxygen atoms in total. The number of pyridine rings is 1. The van der Waals surface area contributed by atoms with Gasteiger partial charge in [-0.2, -0.15) is 0 Å². The number of nitrogens with two attached hydrogens (primary N) is 1. The Balaban J connectivity index is 0.00000312. The molecule has 2 heterocycles. The zero-order valence-corrected chi connectivity index (χ0v) is 15.6. The fourth-order valence-electron chi connectivity index (χ4n) is 2.48. The number of aromatic nitrogens is 1. The first kappa shape index (κ1) is 21.0. The van der Waals surface area contributed by atoms with E-state index < -0.39 is 6.04 Å². The predicted molar refractivity (Wildman–Crippen MR) is 97.5 cm³/mol. The van der Waals surface area contributed by atoms with E-state index in [2.05, 4.69) is 10.3 Å². The van der Waals surface area contributed by atoms with Crippen LogP contribution in [0.3, 0.4) is 0 Å². The second-order valence-corrected chi connectivity index (χ2v) is 5.87. The summed E-state index contributed by atoms with van der Waals surface area (Å²) in [6, 6.07) is 2.37. The summed E-state index contributed by atoms with van der Waals surface area (Å²) in [7, 11) is 1.52. The van der Waals surface area contributed by atoms with Gasteiger partial charge in [0.2, 0.25) is 5.88 Å². The van der Waals surface area contributed by atoms with Crippen LogP contribution in [-0.4, -0.2) is 53.2 Å². The number of hydrazine groups is 1. The minimum absolute atomic E-state index is 0. The van der Waals surface area contributed by atoms with Gasteiger partial charge in [-0.3, -0.25) is 4.79 Å². The Bertz CT molecular complexity index is 584. The van der Waals surface area contributed by atoms with Gasteiger partial charge in [-0.25, -0.2) is 19.8 Å². The van der Waals surface area contributed by atoms with Crippen molar-refractivity contribution in [2.75, 3.05) is 25.5 Å². The Morgan fingerprint density at radius 1 is 1.36 bits per heavy atom. The van der Waals surface area contributed by atoms with Crippen molar-refractivity contribution < 1.29 is 14.3 Å². The molecule has 2 unspecified atom stereocenters. The molecule has 2 rings (SSSR count). The normalized spacial score (nSPS) is 16.0. The molecule has 0 aromatic carbocycles. The van der Waals surface area contributed by atoms with Gasteiger partial charge in [0.1, 0.15) is 0 Å². The first-order valence-electron chi connectivity index (χ1n) is 8.13. The predicted octanol–water partition coefficient (Wildman–Crippen LogP) is 1.87. The number of rotatable bonds is 5. The summed E-state index contributed by atoms with van der Waals surface area (Å²) in [6.07, 6.45) is 3.04. The molecule has 1 aromatic rings. The van der Waals surface area contributed by atoms with Crippen molar-refractivity contribution in [2.45, 2.75) is 32.7 Å². The summed E-state index contributed by atoms with van der Waals surface area (Å²) in [5.74, 6) is 0.309. The van der Waals surface area contributed by atoms with Gasteiger partial charge in [0.15, 0.2) is 0 Å². The summed E-state index contributed by atoms with van der Waals surface area (Å²) in [6.45, 7) is 4.90. The molecule has 0 spiro atoms. The maximum absolute atomic E-state index is 12.5. The van der Waals surface area contributed by atoms with E-state index in [1.807, 2.05) is 13.8 Å². The fourth-order valence-corrected chi connectivity index (χ4v) is 2.48. The lowest BCUT2D eigenvalue weighted by Gasteiger charge is -2.31. The van der Waals surface area contributed by atoms with Crippen LogP contribution in [0.5, 0.6) is 5.88 Å². The first-order valence-corrected chi connectivity index (χ1v) is 8.13. The summed E-state index contributed by atoms with van der Waals surface area (Å²) in [4.78, 5) is 29.1. The minimum atomic E-state index is -0.606. The number of nitrogens with one attached hydrogen (secondary N) is 1. The summed E-state index contributed by atoms with van der Waals surface area (Å²) >= 11 is 0. The van der Waals surface area contributed by atoms with Gasteiger partial charge in [0, 0.05) is 19.2 Å². The van der Waals surface area contributed by atoms with Crippen molar-refractivity contribution >= 4 is 30.0 Å². The number of carbonyl (C=O) groups is 2. The molecular weight excluding hydrogens is 346 g/mol. The number of carbonyl (C=O) groups excluding carboxylic acids is 2. The van der Waals surface area contributed by atoms with Gasteiger partial charge in [-0.15, -0.1) is 12.4 Å². The first-order chi connectivity index (χ1) is 11.5. The number of anilines is 1. The van der Waals surface area contributed by atoms with Crippen LogP contribution in [0.15, 0.2) is 18.3 Å². The van der Waals surface area contributed by atoms with E-state index in [9.17, 15) is 9.59 Å². The number of hydrogen-bond donors (Lipinski definition) is 2. The van der Waals surface area contributed by atoms with E-state index in [4.69, 9.17) is 10.5 Å². The van der Waals surface area contributed by atoms with Crippen molar-refractivity contribution in [3.8, 4) is 5.88 Å². The minimum Gasteiger partial charge on any atom is -0.481 e. The number of methoxy groups -OCH3 is 1. The van der Waals surface area contributed by atoms with Gasteiger partial charge in [0.05, 0.1) is 25.0 Å². The lowest BCUT2D eigenvalue weighted by Crippen LogP contribution is -2.53. The molecule has 0 radical (unpaired) electrons. The van der Waals surface area contributed by atoms with E-state index in [-0.39, 0.29) is 30.3 Å². The molecule has 0 aliphatic carbocycles. The molecule has 1 aromatic heterocycles. The van der Waals surface area contributed by atoms with Crippen molar-refractivity contribution in [3.63, 3.8) is 0 Å². The van der Waals surface area contributed by atoms with E-state index in [0.717, 1.165) is 12.8 Å². The van der Waals surface area contributed by atoms with Crippen molar-refractivity contribution in [1.82, 2.24) is 15.0 Å². The largest absolute Gasteiger partial charge is 0.481 e. The van der Waals surface area contributed by atoms with E-state index in [1.54, 1.807) is 12.1 Å². The number of urea groups is 1. The highest BCUT2D eigenvalue weighted by Gasteiger charge is 2.34. The quantitative estimate of drug-likeness (QED) is 0.822. The second kappa shape index (κ2) is 9.43. The number of hydrogen-bond acceptors (Lipinski definition) is 5. The average molecular weight is 372 g/mol. The number of amides is 3. The highest BCUT2D eigenvalue weighted by Crippen LogP contribution is 2.18. The van der Waals surface area contributed by atoms with Gasteiger partial charge in [-0.05, 0) is 18.4 Å². The molecule has 140 valence electrons. The molecule has 1 saturated heterocycles. The highest BCUT2D eigenvalue weighted by atomic mass is 35.5. The van der Waals surface area contributed by atoms with Crippen LogP contribution in [0.2, 0.25) is 0 Å². The number of nitrogens with zero attached hydrogens (tertiary/aromatic N) is 3. The molecule has 1 fully saturated rings. The molecule has 1 aliphatic heterocycles. The van der Waals surface area contributed by atoms with Gasteiger partial charge in [0.25, 0.3) is 5.91 Å². The Labute approximate surface area is 154 Å².